The summed E-state index contributed by atoms with van der Waals surface area (Å²) < 4.78 is 14.4. The van der Waals surface area contributed by atoms with E-state index in [0.29, 0.717) is 4.47 Å². The number of rotatable bonds is 2. The molecule has 0 heterocycles. The predicted molar refractivity (Wildman–Crippen MR) is 76.4 cm³/mol. The van der Waals surface area contributed by atoms with E-state index >= 15 is 0 Å². The van der Waals surface area contributed by atoms with E-state index in [-0.39, 0.29) is 23.6 Å². The Kier molecular flexibility index (Phi) is 4.58. The van der Waals surface area contributed by atoms with Crippen LogP contribution < -0.4 is 5.73 Å². The van der Waals surface area contributed by atoms with Gasteiger partial charge in [0, 0.05) is 23.6 Å². The van der Waals surface area contributed by atoms with E-state index in [1.54, 1.807) is 18.0 Å². The molecule has 0 saturated heterocycles. The molecule has 1 saturated carbocycles. The number of hydrogen-bond donors (Lipinski definition) is 1. The largest absolute Gasteiger partial charge is 0.339 e. The van der Waals surface area contributed by atoms with Crippen molar-refractivity contribution in [1.82, 2.24) is 4.90 Å². The van der Waals surface area contributed by atoms with Crippen LogP contribution in [0.25, 0.3) is 0 Å². The van der Waals surface area contributed by atoms with Gasteiger partial charge in [-0.1, -0.05) is 15.9 Å². The van der Waals surface area contributed by atoms with Gasteiger partial charge in [-0.3, -0.25) is 4.79 Å². The summed E-state index contributed by atoms with van der Waals surface area (Å²) in [7, 11) is 1.74. The van der Waals surface area contributed by atoms with Crippen LogP contribution in [0, 0.1) is 5.82 Å². The van der Waals surface area contributed by atoms with E-state index in [2.05, 4.69) is 15.9 Å². The fourth-order valence-electron chi connectivity index (χ4n) is 2.51. The number of benzene rings is 1. The topological polar surface area (TPSA) is 46.3 Å². The van der Waals surface area contributed by atoms with Crippen LogP contribution in [-0.2, 0) is 0 Å². The van der Waals surface area contributed by atoms with Crippen molar-refractivity contribution in [2.24, 2.45) is 5.73 Å². The number of hydrogen-bond acceptors (Lipinski definition) is 2. The lowest BCUT2D eigenvalue weighted by molar-refractivity contribution is 0.0685. The van der Waals surface area contributed by atoms with Crippen molar-refractivity contribution in [3.8, 4) is 0 Å². The number of carbonyl (C=O) groups is 1. The molecular weight excluding hydrogens is 311 g/mol. The number of amides is 1. The lowest BCUT2D eigenvalue weighted by Crippen LogP contribution is -2.42. The summed E-state index contributed by atoms with van der Waals surface area (Å²) >= 11 is 3.19. The summed E-state index contributed by atoms with van der Waals surface area (Å²) in [6.45, 7) is 0. The summed E-state index contributed by atoms with van der Waals surface area (Å²) in [6, 6.07) is 4.92. The van der Waals surface area contributed by atoms with Crippen LogP contribution in [-0.4, -0.2) is 29.9 Å². The number of nitrogens with two attached hydrogens (primary N) is 1. The van der Waals surface area contributed by atoms with E-state index in [1.165, 1.54) is 12.1 Å². The van der Waals surface area contributed by atoms with Gasteiger partial charge in [0.2, 0.25) is 0 Å². The zero-order chi connectivity index (χ0) is 14.0. The fourth-order valence-corrected chi connectivity index (χ4v) is 2.84. The van der Waals surface area contributed by atoms with Crippen molar-refractivity contribution in [3.05, 3.63) is 34.1 Å². The Morgan fingerprint density at radius 1 is 1.37 bits per heavy atom. The molecule has 0 aromatic heterocycles. The van der Waals surface area contributed by atoms with Crippen LogP contribution in [0.3, 0.4) is 0 Å². The maximum absolute atomic E-state index is 13.8. The average Bonchev–Trinajstić information content (AvgIpc) is 2.38. The number of halogens is 2. The fraction of sp³-hybridized carbons (Fsp3) is 0.500. The second-order valence-electron chi connectivity index (χ2n) is 5.11. The van der Waals surface area contributed by atoms with Crippen molar-refractivity contribution in [3.63, 3.8) is 0 Å². The molecule has 0 bridgehead atoms. The maximum Gasteiger partial charge on any atom is 0.256 e. The van der Waals surface area contributed by atoms with Crippen LogP contribution in [0.2, 0.25) is 0 Å². The van der Waals surface area contributed by atoms with E-state index in [9.17, 15) is 9.18 Å². The minimum atomic E-state index is -0.487. The molecule has 19 heavy (non-hydrogen) atoms. The first-order valence-corrected chi connectivity index (χ1v) is 7.26. The Hall–Kier alpha value is -0.940. The molecule has 5 heteroatoms. The Morgan fingerprint density at radius 2 is 2.00 bits per heavy atom. The van der Waals surface area contributed by atoms with Crippen LogP contribution in [0.1, 0.15) is 36.0 Å². The van der Waals surface area contributed by atoms with Gasteiger partial charge in [-0.25, -0.2) is 4.39 Å². The van der Waals surface area contributed by atoms with Gasteiger partial charge in [-0.15, -0.1) is 0 Å². The number of carbonyl (C=O) groups excluding carboxylic acids is 1. The first-order valence-electron chi connectivity index (χ1n) is 6.47. The molecule has 1 fully saturated rings. The molecule has 2 rings (SSSR count). The summed E-state index contributed by atoms with van der Waals surface area (Å²) in [6.07, 6.45) is 3.62. The van der Waals surface area contributed by atoms with Gasteiger partial charge in [0.25, 0.3) is 5.91 Å². The third-order valence-corrected chi connectivity index (χ3v) is 4.26. The highest BCUT2D eigenvalue weighted by molar-refractivity contribution is 9.10. The molecule has 0 unspecified atom stereocenters. The second kappa shape index (κ2) is 6.01. The third kappa shape index (κ3) is 3.34. The molecule has 1 aromatic carbocycles. The monoisotopic (exact) mass is 328 g/mol. The molecule has 0 atom stereocenters. The first kappa shape index (κ1) is 14.5. The summed E-state index contributed by atoms with van der Waals surface area (Å²) in [5, 5.41) is 0. The quantitative estimate of drug-likeness (QED) is 0.907. The van der Waals surface area contributed by atoms with Gasteiger partial charge in [-0.2, -0.15) is 0 Å². The highest BCUT2D eigenvalue weighted by atomic mass is 79.9. The molecule has 104 valence electrons. The highest BCUT2D eigenvalue weighted by Crippen LogP contribution is 2.24. The average molecular weight is 329 g/mol. The minimum absolute atomic E-state index is 0.126. The Balaban J connectivity index is 2.10. The van der Waals surface area contributed by atoms with Gasteiger partial charge < -0.3 is 10.6 Å². The van der Waals surface area contributed by atoms with Gasteiger partial charge in [0.15, 0.2) is 0 Å². The molecule has 0 spiro atoms. The SMILES string of the molecule is CN(C(=O)c1ccc(Br)cc1F)C1CCC(N)CC1. The smallest absolute Gasteiger partial charge is 0.256 e. The molecule has 1 amide bonds. The van der Waals surface area contributed by atoms with Crippen molar-refractivity contribution in [2.45, 2.75) is 37.8 Å². The van der Waals surface area contributed by atoms with Crippen LogP contribution >= 0.6 is 15.9 Å². The molecule has 0 radical (unpaired) electrons. The zero-order valence-electron chi connectivity index (χ0n) is 10.9. The van der Waals surface area contributed by atoms with Crippen LogP contribution in [0.15, 0.2) is 22.7 Å². The molecular formula is C14H18BrFN2O. The maximum atomic E-state index is 13.8. The van der Waals surface area contributed by atoms with E-state index < -0.39 is 5.82 Å². The number of nitrogens with zero attached hydrogens (tertiary/aromatic N) is 1. The zero-order valence-corrected chi connectivity index (χ0v) is 12.5. The normalized spacial score (nSPS) is 23.2. The Labute approximate surface area is 121 Å². The lowest BCUT2D eigenvalue weighted by atomic mass is 9.90. The van der Waals surface area contributed by atoms with Crippen molar-refractivity contribution in [1.29, 1.82) is 0 Å². The first-order chi connectivity index (χ1) is 8.99. The molecule has 1 aromatic rings. The van der Waals surface area contributed by atoms with Crippen LogP contribution in [0.4, 0.5) is 4.39 Å². The van der Waals surface area contributed by atoms with Crippen LogP contribution in [0.5, 0.6) is 0 Å². The summed E-state index contributed by atoms with van der Waals surface area (Å²) in [5.74, 6) is -0.746. The van der Waals surface area contributed by atoms with Gasteiger partial charge in [0.05, 0.1) is 5.56 Å². The minimum Gasteiger partial charge on any atom is -0.339 e. The second-order valence-corrected chi connectivity index (χ2v) is 6.02. The predicted octanol–water partition coefficient (Wildman–Crippen LogP) is 2.93. The van der Waals surface area contributed by atoms with Crippen molar-refractivity contribution >= 4 is 21.8 Å². The molecule has 2 N–H and O–H groups in total. The van der Waals surface area contributed by atoms with E-state index in [0.717, 1.165) is 25.7 Å². The molecule has 0 aliphatic heterocycles. The van der Waals surface area contributed by atoms with Crippen molar-refractivity contribution in [2.75, 3.05) is 7.05 Å². The molecule has 1 aliphatic carbocycles. The lowest BCUT2D eigenvalue weighted by Gasteiger charge is -2.33. The summed E-state index contributed by atoms with van der Waals surface area (Å²) in [4.78, 5) is 13.9. The summed E-state index contributed by atoms with van der Waals surface area (Å²) in [5.41, 5.74) is 5.98. The Morgan fingerprint density at radius 3 is 2.58 bits per heavy atom. The van der Waals surface area contributed by atoms with E-state index in [4.69, 9.17) is 5.73 Å². The Bertz CT molecular complexity index is 473. The molecule has 1 aliphatic rings. The van der Waals surface area contributed by atoms with Crippen molar-refractivity contribution < 1.29 is 9.18 Å². The highest BCUT2D eigenvalue weighted by Gasteiger charge is 2.26. The van der Waals surface area contributed by atoms with Gasteiger partial charge in [0.1, 0.15) is 5.82 Å². The standard InChI is InChI=1S/C14H18BrFN2O/c1-18(11-5-3-10(17)4-6-11)14(19)12-7-2-9(15)8-13(12)16/h2,7-8,10-11H,3-6,17H2,1H3. The third-order valence-electron chi connectivity index (χ3n) is 3.77. The van der Waals surface area contributed by atoms with Gasteiger partial charge >= 0.3 is 0 Å². The van der Waals surface area contributed by atoms with Gasteiger partial charge in [-0.05, 0) is 43.9 Å². The van der Waals surface area contributed by atoms with E-state index in [1.807, 2.05) is 0 Å². The molecule has 3 nitrogen and oxygen atoms in total.